The highest BCUT2D eigenvalue weighted by molar-refractivity contribution is 7.89. The maximum atomic E-state index is 13.1. The van der Waals surface area contributed by atoms with Gasteiger partial charge in [0, 0.05) is 24.3 Å². The van der Waals surface area contributed by atoms with Gasteiger partial charge in [0.2, 0.25) is 15.9 Å². The summed E-state index contributed by atoms with van der Waals surface area (Å²) >= 11 is 1.28. The van der Waals surface area contributed by atoms with Crippen LogP contribution in [0, 0.1) is 5.41 Å². The van der Waals surface area contributed by atoms with Gasteiger partial charge in [-0.2, -0.15) is 4.72 Å². The summed E-state index contributed by atoms with van der Waals surface area (Å²) in [6.45, 7) is 0.848. The van der Waals surface area contributed by atoms with Crippen molar-refractivity contribution in [2.24, 2.45) is 5.73 Å². The molecule has 0 aliphatic carbocycles. The maximum Gasteiger partial charge on any atom is 0.241 e. The minimum Gasteiger partial charge on any atom is -0.493 e. The molecule has 1 amide bonds. The lowest BCUT2D eigenvalue weighted by Gasteiger charge is -2.24. The standard InChI is InChI=1S/C22H26N4O5S2/c23-21(24)20-7-4-16(32-20)12-15(27)13-26-9-2-1-3-18(22(26)28)25-33(29,30)17-5-6-19-14(11-17)8-10-31-19/h4-7,11,18,25H,1-3,8-10,12-13H2,(H3,23,24)/t18-/m0/s1. The number of thiophene rings is 1. The largest absolute Gasteiger partial charge is 0.493 e. The molecule has 0 unspecified atom stereocenters. The Labute approximate surface area is 196 Å². The Kier molecular flexibility index (Phi) is 6.82. The number of hydrogen-bond donors (Lipinski definition) is 3. The molecule has 33 heavy (non-hydrogen) atoms. The van der Waals surface area contributed by atoms with Crippen molar-refractivity contribution in [3.63, 3.8) is 0 Å². The van der Waals surface area contributed by atoms with Gasteiger partial charge >= 0.3 is 0 Å². The Morgan fingerprint density at radius 1 is 1.27 bits per heavy atom. The zero-order chi connectivity index (χ0) is 23.6. The first-order chi connectivity index (χ1) is 15.7. The topological polar surface area (TPSA) is 143 Å². The van der Waals surface area contributed by atoms with Crippen molar-refractivity contribution in [3.05, 3.63) is 45.6 Å². The number of Topliss-reactive ketones (excluding diaryl/α,β-unsaturated/α-hetero) is 1. The number of hydrogen-bond acceptors (Lipinski definition) is 7. The Bertz CT molecular complexity index is 1190. The van der Waals surface area contributed by atoms with Crippen LogP contribution in [-0.2, 0) is 32.5 Å². The molecule has 176 valence electrons. The van der Waals surface area contributed by atoms with Gasteiger partial charge in [0.05, 0.1) is 22.9 Å². The van der Waals surface area contributed by atoms with E-state index in [9.17, 15) is 18.0 Å². The van der Waals surface area contributed by atoms with Crippen molar-refractivity contribution in [3.8, 4) is 5.75 Å². The summed E-state index contributed by atoms with van der Waals surface area (Å²) in [7, 11) is -3.90. The highest BCUT2D eigenvalue weighted by Crippen LogP contribution is 2.28. The number of rotatable bonds is 8. The predicted molar refractivity (Wildman–Crippen MR) is 124 cm³/mol. The summed E-state index contributed by atoms with van der Waals surface area (Å²) in [6.07, 6.45) is 2.53. The third kappa shape index (κ3) is 5.43. The number of nitrogens with one attached hydrogen (secondary N) is 2. The molecule has 0 radical (unpaired) electrons. The number of ether oxygens (including phenoxy) is 1. The first-order valence-electron chi connectivity index (χ1n) is 10.7. The SMILES string of the molecule is N=C(N)c1ccc(CC(=O)CN2CCCC[C@H](NS(=O)(=O)c3ccc4c(c3)CCO4)C2=O)s1. The van der Waals surface area contributed by atoms with Crippen LogP contribution in [0.3, 0.4) is 0 Å². The van der Waals surface area contributed by atoms with E-state index in [1.165, 1.54) is 22.3 Å². The molecule has 11 heteroatoms. The van der Waals surface area contributed by atoms with Gasteiger partial charge in [0.15, 0.2) is 5.78 Å². The van der Waals surface area contributed by atoms with Crippen LogP contribution >= 0.6 is 11.3 Å². The third-order valence-corrected chi connectivity index (χ3v) is 8.30. The molecule has 1 atom stereocenters. The minimum atomic E-state index is -3.90. The summed E-state index contributed by atoms with van der Waals surface area (Å²) in [5, 5.41) is 7.47. The number of benzene rings is 1. The summed E-state index contributed by atoms with van der Waals surface area (Å²) in [5.41, 5.74) is 6.30. The van der Waals surface area contributed by atoms with Crippen LogP contribution in [0.2, 0.25) is 0 Å². The second kappa shape index (κ2) is 9.62. The van der Waals surface area contributed by atoms with Crippen molar-refractivity contribution in [1.29, 1.82) is 5.41 Å². The van der Waals surface area contributed by atoms with Gasteiger partial charge in [-0.1, -0.05) is 0 Å². The van der Waals surface area contributed by atoms with E-state index in [0.717, 1.165) is 10.4 Å². The van der Waals surface area contributed by atoms with Crippen molar-refractivity contribution in [2.75, 3.05) is 19.7 Å². The molecule has 0 bridgehead atoms. The van der Waals surface area contributed by atoms with E-state index in [-0.39, 0.29) is 35.4 Å². The number of nitrogens with zero attached hydrogens (tertiary/aromatic N) is 1. The maximum absolute atomic E-state index is 13.1. The Morgan fingerprint density at radius 2 is 2.09 bits per heavy atom. The number of amides is 1. The lowest BCUT2D eigenvalue weighted by atomic mass is 10.1. The fraction of sp³-hybridized carbons (Fsp3) is 0.409. The lowest BCUT2D eigenvalue weighted by Crippen LogP contribution is -2.48. The van der Waals surface area contributed by atoms with Gasteiger partial charge < -0.3 is 15.4 Å². The molecule has 1 saturated heterocycles. The normalized spacial score (nSPS) is 18.5. The zero-order valence-electron chi connectivity index (χ0n) is 18.0. The van der Waals surface area contributed by atoms with Crippen LogP contribution in [0.25, 0.3) is 0 Å². The van der Waals surface area contributed by atoms with Crippen LogP contribution in [0.15, 0.2) is 35.2 Å². The second-order valence-corrected chi connectivity index (χ2v) is 11.1. The number of likely N-dealkylation sites (tertiary alicyclic amines) is 1. The molecule has 2 aromatic rings. The predicted octanol–water partition coefficient (Wildman–Crippen LogP) is 1.44. The number of fused-ring (bicyclic) bond motifs is 1. The smallest absolute Gasteiger partial charge is 0.241 e. The van der Waals surface area contributed by atoms with Crippen molar-refractivity contribution in [2.45, 2.75) is 43.0 Å². The van der Waals surface area contributed by atoms with E-state index >= 15 is 0 Å². The molecule has 9 nitrogen and oxygen atoms in total. The minimum absolute atomic E-state index is 0.0487. The van der Waals surface area contributed by atoms with E-state index in [1.807, 2.05) is 0 Å². The first kappa shape index (κ1) is 23.4. The highest BCUT2D eigenvalue weighted by Gasteiger charge is 2.32. The molecule has 1 aromatic carbocycles. The molecule has 2 aliphatic rings. The number of amidine groups is 1. The van der Waals surface area contributed by atoms with Crippen LogP contribution < -0.4 is 15.2 Å². The van der Waals surface area contributed by atoms with Crippen LogP contribution in [-0.4, -0.2) is 56.6 Å². The van der Waals surface area contributed by atoms with Crippen molar-refractivity contribution >= 4 is 38.9 Å². The van der Waals surface area contributed by atoms with Gasteiger partial charge in [-0.25, -0.2) is 8.42 Å². The molecule has 0 spiro atoms. The summed E-state index contributed by atoms with van der Waals surface area (Å²) < 4.78 is 33.9. The molecule has 1 aromatic heterocycles. The van der Waals surface area contributed by atoms with Crippen molar-refractivity contribution in [1.82, 2.24) is 9.62 Å². The monoisotopic (exact) mass is 490 g/mol. The van der Waals surface area contributed by atoms with E-state index in [0.29, 0.717) is 49.5 Å². The quantitative estimate of drug-likeness (QED) is 0.377. The molecule has 0 saturated carbocycles. The second-order valence-electron chi connectivity index (χ2n) is 8.19. The first-order valence-corrected chi connectivity index (χ1v) is 13.0. The summed E-state index contributed by atoms with van der Waals surface area (Å²) in [5.74, 6) is 0.102. The van der Waals surface area contributed by atoms with E-state index in [1.54, 1.807) is 24.3 Å². The number of ketones is 1. The summed E-state index contributed by atoms with van der Waals surface area (Å²) in [4.78, 5) is 28.6. The van der Waals surface area contributed by atoms with Crippen LogP contribution in [0.5, 0.6) is 5.75 Å². The number of carbonyl (C=O) groups excluding carboxylic acids is 2. The fourth-order valence-electron chi connectivity index (χ4n) is 4.04. The van der Waals surface area contributed by atoms with Crippen molar-refractivity contribution < 1.29 is 22.7 Å². The van der Waals surface area contributed by atoms with Crippen LogP contribution in [0.4, 0.5) is 0 Å². The Morgan fingerprint density at radius 3 is 2.85 bits per heavy atom. The fourth-order valence-corrected chi connectivity index (χ4v) is 6.21. The van der Waals surface area contributed by atoms with E-state index in [2.05, 4.69) is 4.72 Å². The van der Waals surface area contributed by atoms with E-state index in [4.69, 9.17) is 15.9 Å². The van der Waals surface area contributed by atoms with Crippen LogP contribution in [0.1, 0.15) is 34.6 Å². The molecule has 3 heterocycles. The molecule has 4 N–H and O–H groups in total. The molecule has 1 fully saturated rings. The van der Waals surface area contributed by atoms with E-state index < -0.39 is 16.1 Å². The van der Waals surface area contributed by atoms with Gasteiger partial charge in [0.25, 0.3) is 0 Å². The molecular formula is C22H26N4O5S2. The molecule has 4 rings (SSSR count). The zero-order valence-corrected chi connectivity index (χ0v) is 19.6. The summed E-state index contributed by atoms with van der Waals surface area (Å²) in [6, 6.07) is 7.24. The van der Waals surface area contributed by atoms with Gasteiger partial charge in [-0.3, -0.25) is 15.0 Å². The molecular weight excluding hydrogens is 464 g/mol. The van der Waals surface area contributed by atoms with Gasteiger partial charge in [0.1, 0.15) is 17.6 Å². The average Bonchev–Trinajstić information content (AvgIpc) is 3.40. The number of sulfonamides is 1. The Hall–Kier alpha value is -2.76. The average molecular weight is 491 g/mol. The highest BCUT2D eigenvalue weighted by atomic mass is 32.2. The third-order valence-electron chi connectivity index (χ3n) is 5.71. The number of nitrogens with two attached hydrogens (primary N) is 1. The molecule has 2 aliphatic heterocycles. The Balaban J connectivity index is 1.42. The number of carbonyl (C=O) groups is 2. The number of nitrogen functional groups attached to an aromatic ring is 1. The van der Waals surface area contributed by atoms with Gasteiger partial charge in [-0.15, -0.1) is 11.3 Å². The lowest BCUT2D eigenvalue weighted by molar-refractivity contribution is -0.136. The van der Waals surface area contributed by atoms with Gasteiger partial charge in [-0.05, 0) is 55.2 Å².